The Balaban J connectivity index is 0.00000133. The molecule has 4 heteroatoms. The van der Waals surface area contributed by atoms with Gasteiger partial charge >= 0.3 is 0 Å². The minimum absolute atomic E-state index is 0. The zero-order valence-electron chi connectivity index (χ0n) is 11.0. The highest BCUT2D eigenvalue weighted by molar-refractivity contribution is 5.85. The molecule has 3 nitrogen and oxygen atoms in total. The Morgan fingerprint density at radius 2 is 2.05 bits per heavy atom. The third kappa shape index (κ3) is 3.10. The van der Waals surface area contributed by atoms with Crippen LogP contribution in [0.3, 0.4) is 0 Å². The number of nitrogens with one attached hydrogen (secondary N) is 2. The summed E-state index contributed by atoms with van der Waals surface area (Å²) in [7, 11) is 0. The number of amides is 1. The van der Waals surface area contributed by atoms with Crippen molar-refractivity contribution in [2.45, 2.75) is 44.2 Å². The van der Waals surface area contributed by atoms with Crippen LogP contribution in [0.2, 0.25) is 0 Å². The number of benzene rings is 1. The van der Waals surface area contributed by atoms with E-state index in [2.05, 4.69) is 34.9 Å². The number of carbonyl (C=O) groups excluding carboxylic acids is 1. The normalized spacial score (nSPS) is 25.3. The highest BCUT2D eigenvalue weighted by Crippen LogP contribution is 2.30. The monoisotopic (exact) mass is 280 g/mol. The van der Waals surface area contributed by atoms with Gasteiger partial charge in [0.25, 0.3) is 0 Å². The third-order valence-electron chi connectivity index (χ3n) is 4.08. The molecule has 1 amide bonds. The summed E-state index contributed by atoms with van der Waals surface area (Å²) in [5, 5.41) is 6.51. The lowest BCUT2D eigenvalue weighted by Gasteiger charge is -2.24. The molecule has 19 heavy (non-hydrogen) atoms. The number of hydrogen-bond acceptors (Lipinski definition) is 2. The van der Waals surface area contributed by atoms with Crippen molar-refractivity contribution in [3.8, 4) is 0 Å². The Bertz CT molecular complexity index is 444. The predicted octanol–water partition coefficient (Wildman–Crippen LogP) is 2.35. The van der Waals surface area contributed by atoms with E-state index in [0.717, 1.165) is 32.2 Å². The molecule has 1 aromatic carbocycles. The van der Waals surface area contributed by atoms with Gasteiger partial charge in [0.1, 0.15) is 0 Å². The molecule has 1 fully saturated rings. The molecule has 104 valence electrons. The summed E-state index contributed by atoms with van der Waals surface area (Å²) in [6.45, 7) is 0.972. The Hall–Kier alpha value is -1.06. The van der Waals surface area contributed by atoms with Crippen molar-refractivity contribution in [2.75, 3.05) is 6.54 Å². The van der Waals surface area contributed by atoms with Gasteiger partial charge < -0.3 is 10.6 Å². The molecule has 0 spiro atoms. The first kappa shape index (κ1) is 14.4. The molecule has 2 atom stereocenters. The molecule has 1 heterocycles. The van der Waals surface area contributed by atoms with Gasteiger partial charge in [-0.05, 0) is 43.4 Å². The van der Waals surface area contributed by atoms with Gasteiger partial charge in [-0.1, -0.05) is 30.7 Å². The first-order chi connectivity index (χ1) is 8.84. The highest BCUT2D eigenvalue weighted by Gasteiger charge is 2.27. The van der Waals surface area contributed by atoms with Crippen LogP contribution in [0.15, 0.2) is 24.3 Å². The Labute approximate surface area is 120 Å². The average molecular weight is 281 g/mol. The van der Waals surface area contributed by atoms with Crippen LogP contribution in [0, 0.1) is 0 Å². The first-order valence-corrected chi connectivity index (χ1v) is 6.96. The number of fused-ring (bicyclic) bond motifs is 1. The number of carbonyl (C=O) groups is 1. The van der Waals surface area contributed by atoms with Crippen molar-refractivity contribution in [1.82, 2.24) is 10.6 Å². The van der Waals surface area contributed by atoms with E-state index in [9.17, 15) is 4.79 Å². The highest BCUT2D eigenvalue weighted by atomic mass is 35.5. The van der Waals surface area contributed by atoms with E-state index in [-0.39, 0.29) is 30.4 Å². The van der Waals surface area contributed by atoms with Crippen molar-refractivity contribution in [3.63, 3.8) is 0 Å². The zero-order valence-corrected chi connectivity index (χ0v) is 11.8. The topological polar surface area (TPSA) is 41.1 Å². The van der Waals surface area contributed by atoms with Crippen molar-refractivity contribution >= 4 is 18.3 Å². The fourth-order valence-electron chi connectivity index (χ4n) is 3.05. The van der Waals surface area contributed by atoms with Gasteiger partial charge in [-0.25, -0.2) is 0 Å². The number of hydrogen-bond donors (Lipinski definition) is 2. The maximum absolute atomic E-state index is 12.2. The van der Waals surface area contributed by atoms with Crippen LogP contribution in [-0.2, 0) is 11.2 Å². The SMILES string of the molecule is Cl.O=C(NC1CCc2ccccc21)[C@@H]1CCCCN1. The summed E-state index contributed by atoms with van der Waals surface area (Å²) < 4.78 is 0. The molecule has 1 aromatic rings. The lowest BCUT2D eigenvalue weighted by Crippen LogP contribution is -2.47. The van der Waals surface area contributed by atoms with Crippen molar-refractivity contribution in [3.05, 3.63) is 35.4 Å². The van der Waals surface area contributed by atoms with Crippen molar-refractivity contribution < 1.29 is 4.79 Å². The molecule has 2 N–H and O–H groups in total. The van der Waals surface area contributed by atoms with Crippen LogP contribution in [-0.4, -0.2) is 18.5 Å². The van der Waals surface area contributed by atoms with E-state index >= 15 is 0 Å². The second-order valence-corrected chi connectivity index (χ2v) is 5.30. The molecule has 0 aromatic heterocycles. The van der Waals surface area contributed by atoms with E-state index in [4.69, 9.17) is 0 Å². The summed E-state index contributed by atoms with van der Waals surface area (Å²) in [4.78, 5) is 12.2. The molecule has 0 bridgehead atoms. The van der Waals surface area contributed by atoms with Gasteiger partial charge in [0, 0.05) is 0 Å². The van der Waals surface area contributed by atoms with Crippen molar-refractivity contribution in [2.24, 2.45) is 0 Å². The lowest BCUT2D eigenvalue weighted by atomic mass is 10.0. The minimum Gasteiger partial charge on any atom is -0.348 e. The van der Waals surface area contributed by atoms with Gasteiger partial charge in [0.05, 0.1) is 12.1 Å². The van der Waals surface area contributed by atoms with Crippen LogP contribution in [0.25, 0.3) is 0 Å². The van der Waals surface area contributed by atoms with E-state index in [1.807, 2.05) is 0 Å². The smallest absolute Gasteiger partial charge is 0.237 e. The van der Waals surface area contributed by atoms with Crippen LogP contribution >= 0.6 is 12.4 Å². The lowest BCUT2D eigenvalue weighted by molar-refractivity contribution is -0.124. The van der Waals surface area contributed by atoms with E-state index in [1.54, 1.807) is 0 Å². The maximum Gasteiger partial charge on any atom is 0.237 e. The van der Waals surface area contributed by atoms with Gasteiger partial charge in [-0.3, -0.25) is 4.79 Å². The molecule has 0 radical (unpaired) electrons. The fraction of sp³-hybridized carbons (Fsp3) is 0.533. The quantitative estimate of drug-likeness (QED) is 0.873. The number of halogens is 1. The molecule has 3 rings (SSSR count). The minimum atomic E-state index is 0. The van der Waals surface area contributed by atoms with E-state index < -0.39 is 0 Å². The predicted molar refractivity (Wildman–Crippen MR) is 78.5 cm³/mol. The van der Waals surface area contributed by atoms with Gasteiger partial charge in [0.15, 0.2) is 0 Å². The molecular weight excluding hydrogens is 260 g/mol. The van der Waals surface area contributed by atoms with E-state index in [1.165, 1.54) is 17.5 Å². The summed E-state index contributed by atoms with van der Waals surface area (Å²) in [5.74, 6) is 0.177. The molecule has 1 unspecified atom stereocenters. The van der Waals surface area contributed by atoms with Gasteiger partial charge in [0.2, 0.25) is 5.91 Å². The van der Waals surface area contributed by atoms with Crippen LogP contribution in [0.4, 0.5) is 0 Å². The zero-order chi connectivity index (χ0) is 12.4. The van der Waals surface area contributed by atoms with Crippen molar-refractivity contribution in [1.29, 1.82) is 0 Å². The van der Waals surface area contributed by atoms with Gasteiger partial charge in [-0.15, -0.1) is 12.4 Å². The molecule has 2 aliphatic rings. The number of rotatable bonds is 2. The summed E-state index contributed by atoms with van der Waals surface area (Å²) in [5.41, 5.74) is 2.70. The maximum atomic E-state index is 12.2. The standard InChI is InChI=1S/C15H20N2O.ClH/c18-15(14-7-3-4-10-16-14)17-13-9-8-11-5-1-2-6-12(11)13;/h1-2,5-6,13-14,16H,3-4,7-10H2,(H,17,18);1H/t13?,14-;/m0./s1. The largest absolute Gasteiger partial charge is 0.348 e. The number of piperidine rings is 1. The molecule has 1 aliphatic heterocycles. The second-order valence-electron chi connectivity index (χ2n) is 5.30. The second kappa shape index (κ2) is 6.40. The van der Waals surface area contributed by atoms with Crippen LogP contribution in [0.5, 0.6) is 0 Å². The van der Waals surface area contributed by atoms with E-state index in [0.29, 0.717) is 0 Å². The molecule has 0 saturated carbocycles. The summed E-state index contributed by atoms with van der Waals surface area (Å²) >= 11 is 0. The van der Waals surface area contributed by atoms with Crippen LogP contribution in [0.1, 0.15) is 42.9 Å². The Morgan fingerprint density at radius 3 is 2.84 bits per heavy atom. The summed E-state index contributed by atoms with van der Waals surface area (Å²) in [6, 6.07) is 8.68. The van der Waals surface area contributed by atoms with Gasteiger partial charge in [-0.2, -0.15) is 0 Å². The Kier molecular flexibility index (Phi) is 4.83. The van der Waals surface area contributed by atoms with Crippen LogP contribution < -0.4 is 10.6 Å². The molecular formula is C15H21ClN2O. The fourth-order valence-corrected chi connectivity index (χ4v) is 3.05. The molecule has 1 saturated heterocycles. The summed E-state index contributed by atoms with van der Waals surface area (Å²) in [6.07, 6.45) is 5.44. The average Bonchev–Trinajstić information content (AvgIpc) is 2.83. The Morgan fingerprint density at radius 1 is 1.21 bits per heavy atom. The first-order valence-electron chi connectivity index (χ1n) is 6.96. The molecule has 1 aliphatic carbocycles. The number of aryl methyl sites for hydroxylation is 1. The third-order valence-corrected chi connectivity index (χ3v) is 4.08.